The summed E-state index contributed by atoms with van der Waals surface area (Å²) in [6.07, 6.45) is 0. The van der Waals surface area contributed by atoms with E-state index in [4.69, 9.17) is 0 Å². The van der Waals surface area contributed by atoms with Crippen molar-refractivity contribution in [2.45, 2.75) is 19.6 Å². The van der Waals surface area contributed by atoms with E-state index in [-0.39, 0.29) is 4.87 Å². The molecule has 1 heterocycles. The number of aromatic amines is 1. The van der Waals surface area contributed by atoms with Crippen molar-refractivity contribution in [1.29, 1.82) is 0 Å². The minimum absolute atomic E-state index is 0.0325. The van der Waals surface area contributed by atoms with Gasteiger partial charge in [0.1, 0.15) is 13.8 Å². The first-order valence-corrected chi connectivity index (χ1v) is 8.06. The van der Waals surface area contributed by atoms with Crippen LogP contribution in [0.4, 0.5) is 0 Å². The molecule has 0 radical (unpaired) electrons. The topological polar surface area (TPSA) is 32.9 Å². The number of hydrogen-bond acceptors (Lipinski definition) is 2. The van der Waals surface area contributed by atoms with Gasteiger partial charge in [0.05, 0.1) is 0 Å². The lowest BCUT2D eigenvalue weighted by Crippen LogP contribution is -2.16. The molecule has 1 rings (SSSR count). The number of nitrogens with one attached hydrogen (secondary N) is 1. The van der Waals surface area contributed by atoms with Gasteiger partial charge in [-0.1, -0.05) is 36.9 Å². The van der Waals surface area contributed by atoms with Crippen molar-refractivity contribution in [3.63, 3.8) is 0 Å². The van der Waals surface area contributed by atoms with Crippen molar-refractivity contribution in [3.8, 4) is 11.5 Å². The Kier molecular flexibility index (Phi) is 2.55. The van der Waals surface area contributed by atoms with Gasteiger partial charge in [0.15, 0.2) is 0 Å². The van der Waals surface area contributed by atoms with Crippen molar-refractivity contribution >= 4 is 19.4 Å². The molecule has 1 aromatic heterocycles. The smallest absolute Gasteiger partial charge is 0.305 e. The second-order valence-electron chi connectivity index (χ2n) is 3.56. The molecule has 1 N–H and O–H groups in total. The molecule has 0 saturated carbocycles. The lowest BCUT2D eigenvalue weighted by atomic mass is 10.5. The second kappa shape index (κ2) is 3.29. The Morgan fingerprint density at radius 1 is 1.50 bits per heavy atom. The van der Waals surface area contributed by atoms with Crippen molar-refractivity contribution in [2.75, 3.05) is 0 Å². The highest BCUT2D eigenvalue weighted by molar-refractivity contribution is 7.07. The first kappa shape index (κ1) is 9.30. The van der Waals surface area contributed by atoms with Gasteiger partial charge in [0.25, 0.3) is 0 Å². The van der Waals surface area contributed by atoms with Gasteiger partial charge in [-0.3, -0.25) is 4.79 Å². The average molecular weight is 197 g/mol. The van der Waals surface area contributed by atoms with Gasteiger partial charge >= 0.3 is 4.87 Å². The summed E-state index contributed by atoms with van der Waals surface area (Å²) < 4.78 is 0. The van der Waals surface area contributed by atoms with Gasteiger partial charge in [0, 0.05) is 5.38 Å². The number of thiazole rings is 1. The molecule has 0 fully saturated rings. The Bertz CT molecular complexity index is 374. The van der Waals surface area contributed by atoms with Gasteiger partial charge in [-0.2, -0.15) is 0 Å². The van der Waals surface area contributed by atoms with Crippen LogP contribution < -0.4 is 4.87 Å². The minimum atomic E-state index is -1.31. The number of rotatable bonds is 0. The third-order valence-corrected chi connectivity index (χ3v) is 2.64. The molecular formula is C8H11NOSSi. The molecule has 12 heavy (non-hydrogen) atoms. The highest BCUT2D eigenvalue weighted by Gasteiger charge is 2.07. The summed E-state index contributed by atoms with van der Waals surface area (Å²) in [5, 5.41) is 1.76. The summed E-state index contributed by atoms with van der Waals surface area (Å²) in [6.45, 7) is 6.51. The largest absolute Gasteiger partial charge is 0.306 e. The van der Waals surface area contributed by atoms with Crippen molar-refractivity contribution in [3.05, 3.63) is 20.7 Å². The second-order valence-corrected chi connectivity index (χ2v) is 9.15. The van der Waals surface area contributed by atoms with Crippen LogP contribution in [0, 0.1) is 11.5 Å². The lowest BCUT2D eigenvalue weighted by Gasteiger charge is -2.02. The molecule has 1 aromatic rings. The van der Waals surface area contributed by atoms with Gasteiger partial charge in [-0.15, -0.1) is 5.54 Å². The van der Waals surface area contributed by atoms with Crippen LogP contribution in [0.25, 0.3) is 0 Å². The average Bonchev–Trinajstić information content (AvgIpc) is 2.30. The first-order chi connectivity index (χ1) is 5.47. The van der Waals surface area contributed by atoms with E-state index >= 15 is 0 Å². The summed E-state index contributed by atoms with van der Waals surface area (Å²) in [5.74, 6) is 2.97. The molecule has 0 amide bonds. The SMILES string of the molecule is C[Si](C)(C)C#Cc1csc(=O)[nH]1. The molecule has 0 aliphatic rings. The van der Waals surface area contributed by atoms with Gasteiger partial charge in [-0.25, -0.2) is 0 Å². The lowest BCUT2D eigenvalue weighted by molar-refractivity contribution is 1.31. The molecule has 0 aromatic carbocycles. The minimum Gasteiger partial charge on any atom is -0.306 e. The van der Waals surface area contributed by atoms with Crippen molar-refractivity contribution in [1.82, 2.24) is 4.98 Å². The fraction of sp³-hybridized carbons (Fsp3) is 0.375. The Labute approximate surface area is 76.7 Å². The Morgan fingerprint density at radius 3 is 2.58 bits per heavy atom. The van der Waals surface area contributed by atoms with E-state index in [1.54, 1.807) is 5.38 Å². The van der Waals surface area contributed by atoms with Crippen molar-refractivity contribution in [2.24, 2.45) is 0 Å². The Balaban J connectivity index is 2.87. The van der Waals surface area contributed by atoms with E-state index in [0.717, 1.165) is 17.0 Å². The van der Waals surface area contributed by atoms with Crippen molar-refractivity contribution < 1.29 is 0 Å². The maximum absolute atomic E-state index is 10.7. The van der Waals surface area contributed by atoms with Gasteiger partial charge in [-0.05, 0) is 0 Å². The van der Waals surface area contributed by atoms with Crippen LogP contribution in [-0.2, 0) is 0 Å². The van der Waals surface area contributed by atoms with Crippen LogP contribution in [0.3, 0.4) is 0 Å². The normalized spacial score (nSPS) is 10.6. The maximum atomic E-state index is 10.7. The zero-order valence-corrected chi connectivity index (χ0v) is 9.21. The molecule has 0 aliphatic heterocycles. The van der Waals surface area contributed by atoms with Crippen LogP contribution >= 0.6 is 11.3 Å². The number of H-pyrrole nitrogens is 1. The molecule has 0 spiro atoms. The van der Waals surface area contributed by atoms with Crippen LogP contribution in [0.2, 0.25) is 19.6 Å². The van der Waals surface area contributed by atoms with E-state index in [0.29, 0.717) is 0 Å². The van der Waals surface area contributed by atoms with Crippen LogP contribution in [-0.4, -0.2) is 13.1 Å². The predicted octanol–water partition coefficient (Wildman–Crippen LogP) is 1.67. The summed E-state index contributed by atoms with van der Waals surface area (Å²) >= 11 is 1.16. The van der Waals surface area contributed by atoms with E-state index in [1.165, 1.54) is 0 Å². The summed E-state index contributed by atoms with van der Waals surface area (Å²) in [4.78, 5) is 13.3. The summed E-state index contributed by atoms with van der Waals surface area (Å²) in [6, 6.07) is 0. The van der Waals surface area contributed by atoms with Gasteiger partial charge in [0.2, 0.25) is 0 Å². The van der Waals surface area contributed by atoms with E-state index in [2.05, 4.69) is 36.1 Å². The molecule has 0 aliphatic carbocycles. The van der Waals surface area contributed by atoms with E-state index in [1.807, 2.05) is 0 Å². The maximum Gasteiger partial charge on any atom is 0.305 e. The highest BCUT2D eigenvalue weighted by atomic mass is 32.1. The molecule has 0 unspecified atom stereocenters. The van der Waals surface area contributed by atoms with Crippen LogP contribution in [0.5, 0.6) is 0 Å². The number of aromatic nitrogens is 1. The predicted molar refractivity (Wildman–Crippen MR) is 55.2 cm³/mol. The molecule has 64 valence electrons. The zero-order valence-electron chi connectivity index (χ0n) is 7.39. The van der Waals surface area contributed by atoms with E-state index in [9.17, 15) is 4.79 Å². The van der Waals surface area contributed by atoms with Crippen LogP contribution in [0.15, 0.2) is 10.2 Å². The monoisotopic (exact) mass is 197 g/mol. The molecule has 4 heteroatoms. The molecule has 0 bridgehead atoms. The number of hydrogen-bond donors (Lipinski definition) is 1. The Morgan fingerprint density at radius 2 is 2.17 bits per heavy atom. The third-order valence-electron chi connectivity index (χ3n) is 1.09. The standard InChI is InChI=1S/C8H11NOSSi/c1-12(2,3)5-4-7-6-11-8(10)9-7/h6H,1-3H3,(H,9,10). The Hall–Kier alpha value is -0.793. The molecule has 0 saturated heterocycles. The fourth-order valence-electron chi connectivity index (χ4n) is 0.597. The first-order valence-electron chi connectivity index (χ1n) is 3.68. The van der Waals surface area contributed by atoms with Gasteiger partial charge < -0.3 is 4.98 Å². The zero-order chi connectivity index (χ0) is 9.19. The highest BCUT2D eigenvalue weighted by Crippen LogP contribution is 1.98. The molecular weight excluding hydrogens is 186 g/mol. The fourth-order valence-corrected chi connectivity index (χ4v) is 1.62. The molecule has 2 nitrogen and oxygen atoms in total. The van der Waals surface area contributed by atoms with E-state index < -0.39 is 8.07 Å². The summed E-state index contributed by atoms with van der Waals surface area (Å²) in [7, 11) is -1.31. The quantitative estimate of drug-likeness (QED) is 0.498. The molecule has 0 atom stereocenters. The summed E-state index contributed by atoms with van der Waals surface area (Å²) in [5.41, 5.74) is 3.92. The third kappa shape index (κ3) is 3.07. The van der Waals surface area contributed by atoms with Crippen LogP contribution in [0.1, 0.15) is 5.69 Å².